The minimum Gasteiger partial charge on any atom is -0.448 e. The van der Waals surface area contributed by atoms with Gasteiger partial charge >= 0.3 is 0 Å². The third-order valence-electron chi connectivity index (χ3n) is 1.23. The molecule has 1 aromatic rings. The van der Waals surface area contributed by atoms with Gasteiger partial charge in [-0.1, -0.05) is 17.7 Å². The molecule has 0 aliphatic heterocycles. The van der Waals surface area contributed by atoms with E-state index in [2.05, 4.69) is 4.98 Å². The van der Waals surface area contributed by atoms with Crippen LogP contribution < -0.4 is 0 Å². The first kappa shape index (κ1) is 14.3. The van der Waals surface area contributed by atoms with E-state index in [1.807, 2.05) is 0 Å². The van der Waals surface area contributed by atoms with Gasteiger partial charge in [-0.2, -0.15) is 0 Å². The van der Waals surface area contributed by atoms with Crippen molar-refractivity contribution in [3.63, 3.8) is 0 Å². The highest BCUT2D eigenvalue weighted by Gasteiger charge is 2.00. The molecule has 1 aromatic heterocycles. The summed E-state index contributed by atoms with van der Waals surface area (Å²) in [5, 5.41) is 0.409. The molecule has 0 radical (unpaired) electrons. The summed E-state index contributed by atoms with van der Waals surface area (Å²) >= 11 is 4.97. The summed E-state index contributed by atoms with van der Waals surface area (Å²) in [6.07, 6.45) is 2.95. The van der Waals surface area contributed by atoms with E-state index in [0.717, 1.165) is 5.56 Å². The number of aromatic nitrogens is 1. The van der Waals surface area contributed by atoms with Gasteiger partial charge in [0.15, 0.2) is 0 Å². The topological polar surface area (TPSA) is 94.7 Å². The van der Waals surface area contributed by atoms with Gasteiger partial charge in [-0.25, -0.2) is 20.7 Å². The molecule has 0 aliphatic carbocycles. The van der Waals surface area contributed by atoms with E-state index in [0.29, 0.717) is 5.15 Å². The van der Waals surface area contributed by atoms with Gasteiger partial charge < -0.3 is 8.99 Å². The molecule has 0 fully saturated rings. The molecule has 1 atom stereocenters. The molecule has 0 aliphatic rings. The van der Waals surface area contributed by atoms with Gasteiger partial charge in [-0.15, -0.1) is 0 Å². The number of pyridine rings is 1. The van der Waals surface area contributed by atoms with Crippen LogP contribution >= 0.6 is 11.6 Å². The van der Waals surface area contributed by atoms with Crippen molar-refractivity contribution in [1.29, 1.82) is 9.56 Å². The Labute approximate surface area is 96.9 Å². The number of halogens is 1. The number of rotatable bonds is 2. The smallest absolute Gasteiger partial charge is 0.129 e. The number of nitrogens with zero attached hydrogens (tertiary/aromatic N) is 1. The van der Waals surface area contributed by atoms with Crippen molar-refractivity contribution in [3.05, 3.63) is 29.0 Å². The standard InChI is InChI=1S/C7H9ClN2OS.H2NOS/c1-12(9,11)5-6-2-3-7(8)10-4-6;1-3-2/h2-4,9H,5H2,1H3;1,3H/q;-1. The molecule has 0 aromatic carbocycles. The molecule has 0 saturated heterocycles. The highest BCUT2D eigenvalue weighted by molar-refractivity contribution is 7.90. The predicted molar refractivity (Wildman–Crippen MR) is 61.9 cm³/mol. The molecule has 0 saturated carbocycles. The monoisotopic (exact) mass is 268 g/mol. The Morgan fingerprint density at radius 3 is 2.47 bits per heavy atom. The molecule has 1 unspecified atom stereocenters. The van der Waals surface area contributed by atoms with Gasteiger partial charge in [0.2, 0.25) is 0 Å². The SMILES string of the molecule is CS(=N)(=O)Cc1ccc(Cl)nc1.N=[SH-]=O. The summed E-state index contributed by atoms with van der Waals surface area (Å²) in [6, 6.07) is 3.36. The second kappa shape index (κ2) is 6.76. The van der Waals surface area contributed by atoms with Crippen molar-refractivity contribution in [2.75, 3.05) is 6.26 Å². The Balaban J connectivity index is 0.000000583. The second-order valence-corrected chi connectivity index (χ2v) is 5.60. The van der Waals surface area contributed by atoms with Crippen LogP contribution in [0.25, 0.3) is 0 Å². The average molecular weight is 269 g/mol. The number of nitrogens with one attached hydrogen (secondary N) is 2. The van der Waals surface area contributed by atoms with E-state index in [9.17, 15) is 4.21 Å². The molecule has 0 bridgehead atoms. The Morgan fingerprint density at radius 1 is 1.60 bits per heavy atom. The van der Waals surface area contributed by atoms with Crippen LogP contribution in [0.15, 0.2) is 18.3 Å². The largest absolute Gasteiger partial charge is 0.448 e. The zero-order chi connectivity index (χ0) is 11.9. The Bertz CT molecular complexity index is 438. The maximum atomic E-state index is 11.0. The maximum absolute atomic E-state index is 11.0. The molecular formula is C7H11ClN3O2S2-. The molecule has 86 valence electrons. The highest BCUT2D eigenvalue weighted by atomic mass is 35.5. The Morgan fingerprint density at radius 2 is 2.13 bits per heavy atom. The summed E-state index contributed by atoms with van der Waals surface area (Å²) in [7, 11) is -2.47. The fraction of sp³-hybridized carbons (Fsp3) is 0.286. The van der Waals surface area contributed by atoms with Crippen molar-refractivity contribution in [3.8, 4) is 0 Å². The van der Waals surface area contributed by atoms with Crippen molar-refractivity contribution in [2.24, 2.45) is 0 Å². The van der Waals surface area contributed by atoms with Gasteiger partial charge in [-0.3, -0.25) is 4.78 Å². The normalized spacial score (nSPS) is 13.5. The highest BCUT2D eigenvalue weighted by Crippen LogP contribution is 2.07. The van der Waals surface area contributed by atoms with E-state index in [1.54, 1.807) is 18.3 Å². The predicted octanol–water partition coefficient (Wildman–Crippen LogP) is 1.82. The molecule has 1 heterocycles. The van der Waals surface area contributed by atoms with Crippen molar-refractivity contribution >= 4 is 32.8 Å². The number of hydrogen-bond donors (Lipinski definition) is 2. The fourth-order valence-electron chi connectivity index (χ4n) is 0.810. The van der Waals surface area contributed by atoms with E-state index < -0.39 is 21.2 Å². The minimum atomic E-state index is -2.47. The molecule has 0 spiro atoms. The summed E-state index contributed by atoms with van der Waals surface area (Å²) in [5.41, 5.74) is 0.780. The summed E-state index contributed by atoms with van der Waals surface area (Å²) < 4.78 is 32.4. The lowest BCUT2D eigenvalue weighted by atomic mass is 10.3. The van der Waals surface area contributed by atoms with Crippen LogP contribution in [0.5, 0.6) is 0 Å². The van der Waals surface area contributed by atoms with Crippen LogP contribution in [0.3, 0.4) is 0 Å². The van der Waals surface area contributed by atoms with Crippen LogP contribution in [0.1, 0.15) is 5.56 Å². The second-order valence-electron chi connectivity index (χ2n) is 2.73. The van der Waals surface area contributed by atoms with Gasteiger partial charge in [0, 0.05) is 22.2 Å². The molecule has 0 amide bonds. The van der Waals surface area contributed by atoms with Crippen LogP contribution in [0.2, 0.25) is 5.15 Å². The first-order chi connectivity index (χ1) is 6.89. The van der Waals surface area contributed by atoms with E-state index >= 15 is 0 Å². The molecular weight excluding hydrogens is 258 g/mol. The number of thiol groups is 1. The molecule has 2 N–H and O–H groups in total. The molecule has 5 nitrogen and oxygen atoms in total. The summed E-state index contributed by atoms with van der Waals surface area (Å²) in [4.78, 5) is 3.82. The summed E-state index contributed by atoms with van der Waals surface area (Å²) in [5.74, 6) is 0.233. The molecule has 15 heavy (non-hydrogen) atoms. The van der Waals surface area contributed by atoms with Crippen molar-refractivity contribution < 1.29 is 8.42 Å². The third-order valence-corrected chi connectivity index (χ3v) is 2.34. The van der Waals surface area contributed by atoms with Crippen LogP contribution in [-0.4, -0.2) is 15.4 Å². The van der Waals surface area contributed by atoms with Crippen LogP contribution in [-0.2, 0) is 31.2 Å². The van der Waals surface area contributed by atoms with Gasteiger partial charge in [0.25, 0.3) is 0 Å². The Kier molecular flexibility index (Phi) is 6.46. The lowest BCUT2D eigenvalue weighted by molar-refractivity contribution is 0.608. The quantitative estimate of drug-likeness (QED) is 0.487. The maximum Gasteiger partial charge on any atom is 0.129 e. The number of hydrogen-bond acceptors (Lipinski definition) is 6. The zero-order valence-corrected chi connectivity index (χ0v) is 10.4. The van der Waals surface area contributed by atoms with Crippen molar-refractivity contribution in [2.45, 2.75) is 5.75 Å². The first-order valence-corrected chi connectivity index (χ1v) is 7.02. The first-order valence-electron chi connectivity index (χ1n) is 3.70. The zero-order valence-electron chi connectivity index (χ0n) is 7.94. The lowest BCUT2D eigenvalue weighted by Crippen LogP contribution is -1.98. The van der Waals surface area contributed by atoms with Gasteiger partial charge in [0.1, 0.15) is 5.15 Å². The molecule has 8 heteroatoms. The van der Waals surface area contributed by atoms with Gasteiger partial charge in [0.05, 0.1) is 5.75 Å². The average Bonchev–Trinajstić information content (AvgIpc) is 2.08. The minimum absolute atomic E-state index is 0.233. The van der Waals surface area contributed by atoms with E-state index in [4.69, 9.17) is 25.4 Å². The molecule has 1 rings (SSSR count). The third kappa shape index (κ3) is 8.34. The van der Waals surface area contributed by atoms with E-state index in [-0.39, 0.29) is 5.75 Å². The fourth-order valence-corrected chi connectivity index (χ4v) is 1.73. The van der Waals surface area contributed by atoms with E-state index in [1.165, 1.54) is 6.26 Å². The Hall–Kier alpha value is -0.660. The lowest BCUT2D eigenvalue weighted by Gasteiger charge is -1.99. The summed E-state index contributed by atoms with van der Waals surface area (Å²) in [6.45, 7) is 0. The van der Waals surface area contributed by atoms with Crippen molar-refractivity contribution in [1.82, 2.24) is 4.98 Å². The van der Waals surface area contributed by atoms with Gasteiger partial charge in [-0.05, 0) is 11.6 Å². The van der Waals surface area contributed by atoms with Crippen LogP contribution in [0, 0.1) is 9.56 Å². The van der Waals surface area contributed by atoms with Crippen LogP contribution in [0.4, 0.5) is 0 Å².